The van der Waals surface area contributed by atoms with Crippen LogP contribution in [0.15, 0.2) is 11.0 Å². The van der Waals surface area contributed by atoms with E-state index in [4.69, 9.17) is 5.26 Å². The molecule has 1 aliphatic rings. The Morgan fingerprint density at radius 2 is 1.56 bits per heavy atom. The fourth-order valence-corrected chi connectivity index (χ4v) is 5.43. The zero-order valence-corrected chi connectivity index (χ0v) is 16.6. The van der Waals surface area contributed by atoms with Gasteiger partial charge in [0.2, 0.25) is 10.0 Å². The Balaban J connectivity index is 2.10. The van der Waals surface area contributed by atoms with Crippen LogP contribution in [0.2, 0.25) is 0 Å². The maximum atomic E-state index is 13.2. The first-order valence-corrected chi connectivity index (χ1v) is 10.4. The normalized spacial score (nSPS) is 16.8. The van der Waals surface area contributed by atoms with Gasteiger partial charge in [0.05, 0.1) is 11.0 Å². The fourth-order valence-electron chi connectivity index (χ4n) is 3.43. The second kappa shape index (κ2) is 8.31. The molecule has 1 fully saturated rings. The van der Waals surface area contributed by atoms with Crippen LogP contribution >= 0.6 is 0 Å². The number of nitrogens with zero attached hydrogens (tertiary/aromatic N) is 3. The molecule has 2 rings (SSSR count). The SMILES string of the molecule is Cc1cc(C)c(C)c(S(=O)(=O)N2CCN(CCCCC#N)CC2)c1C. The molecule has 5 nitrogen and oxygen atoms in total. The lowest BCUT2D eigenvalue weighted by Gasteiger charge is -2.34. The van der Waals surface area contributed by atoms with Crippen molar-refractivity contribution in [3.05, 3.63) is 28.3 Å². The van der Waals surface area contributed by atoms with E-state index in [-0.39, 0.29) is 0 Å². The summed E-state index contributed by atoms with van der Waals surface area (Å²) in [5.41, 5.74) is 3.78. The number of sulfonamides is 1. The quantitative estimate of drug-likeness (QED) is 0.729. The fraction of sp³-hybridized carbons (Fsp3) is 0.632. The summed E-state index contributed by atoms with van der Waals surface area (Å²) in [4.78, 5) is 2.79. The summed E-state index contributed by atoms with van der Waals surface area (Å²) in [5, 5.41) is 8.58. The second-order valence-electron chi connectivity index (χ2n) is 6.95. The van der Waals surface area contributed by atoms with Gasteiger partial charge in [0.1, 0.15) is 0 Å². The highest BCUT2D eigenvalue weighted by atomic mass is 32.2. The van der Waals surface area contributed by atoms with Gasteiger partial charge < -0.3 is 4.90 Å². The number of piperazine rings is 1. The average molecular weight is 364 g/mol. The number of rotatable bonds is 6. The maximum Gasteiger partial charge on any atom is 0.243 e. The molecule has 0 aliphatic carbocycles. The van der Waals surface area contributed by atoms with Crippen molar-refractivity contribution in [1.82, 2.24) is 9.21 Å². The molecular formula is C19H29N3O2S. The maximum absolute atomic E-state index is 13.2. The Hall–Kier alpha value is -1.42. The highest BCUT2D eigenvalue weighted by Gasteiger charge is 2.31. The Morgan fingerprint density at radius 1 is 1.00 bits per heavy atom. The van der Waals surface area contributed by atoms with Crippen LogP contribution in [0.4, 0.5) is 0 Å². The zero-order valence-electron chi connectivity index (χ0n) is 15.8. The van der Waals surface area contributed by atoms with Gasteiger partial charge in [-0.3, -0.25) is 0 Å². The van der Waals surface area contributed by atoms with E-state index in [1.807, 2.05) is 27.7 Å². The molecule has 0 radical (unpaired) electrons. The number of benzene rings is 1. The minimum absolute atomic E-state index is 0.493. The molecule has 1 aliphatic heterocycles. The van der Waals surface area contributed by atoms with E-state index in [2.05, 4.69) is 17.0 Å². The van der Waals surface area contributed by atoms with E-state index < -0.39 is 10.0 Å². The first kappa shape index (κ1) is 19.9. The lowest BCUT2D eigenvalue weighted by atomic mass is 10.0. The predicted molar refractivity (Wildman–Crippen MR) is 100 cm³/mol. The van der Waals surface area contributed by atoms with Gasteiger partial charge in [0, 0.05) is 32.6 Å². The summed E-state index contributed by atoms with van der Waals surface area (Å²) in [6.45, 7) is 11.3. The van der Waals surface area contributed by atoms with Gasteiger partial charge in [0.15, 0.2) is 0 Å². The summed E-state index contributed by atoms with van der Waals surface area (Å²) in [7, 11) is -3.46. The van der Waals surface area contributed by atoms with Gasteiger partial charge >= 0.3 is 0 Å². The highest BCUT2D eigenvalue weighted by Crippen LogP contribution is 2.29. The van der Waals surface area contributed by atoms with Gasteiger partial charge in [-0.1, -0.05) is 6.07 Å². The highest BCUT2D eigenvalue weighted by molar-refractivity contribution is 7.89. The number of nitriles is 1. The minimum atomic E-state index is -3.46. The van der Waals surface area contributed by atoms with Crippen LogP contribution in [0.1, 0.15) is 41.5 Å². The van der Waals surface area contributed by atoms with E-state index in [9.17, 15) is 8.42 Å². The Kier molecular flexibility index (Phi) is 6.61. The molecule has 6 heteroatoms. The Morgan fingerprint density at radius 3 is 2.08 bits per heavy atom. The number of hydrogen-bond donors (Lipinski definition) is 0. The van der Waals surface area contributed by atoms with Crippen LogP contribution < -0.4 is 0 Å². The van der Waals surface area contributed by atoms with Crippen molar-refractivity contribution in [2.45, 2.75) is 51.9 Å². The van der Waals surface area contributed by atoms with Crippen molar-refractivity contribution >= 4 is 10.0 Å². The standard InChI is InChI=1S/C19H29N3O2S/c1-15-14-16(2)18(4)19(17(15)3)25(23,24)22-12-10-21(11-13-22)9-7-5-6-8-20/h14H,5-7,9-13H2,1-4H3. The monoisotopic (exact) mass is 363 g/mol. The first-order valence-electron chi connectivity index (χ1n) is 8.96. The van der Waals surface area contributed by atoms with Crippen LogP contribution in [0.5, 0.6) is 0 Å². The van der Waals surface area contributed by atoms with Crippen molar-refractivity contribution in [2.24, 2.45) is 0 Å². The van der Waals surface area contributed by atoms with Crippen molar-refractivity contribution in [2.75, 3.05) is 32.7 Å². The topological polar surface area (TPSA) is 64.4 Å². The lowest BCUT2D eigenvalue weighted by Crippen LogP contribution is -2.49. The molecule has 1 aromatic carbocycles. The van der Waals surface area contributed by atoms with E-state index in [1.165, 1.54) is 0 Å². The van der Waals surface area contributed by atoms with E-state index in [0.29, 0.717) is 24.4 Å². The molecule has 0 atom stereocenters. The zero-order chi connectivity index (χ0) is 18.6. The molecule has 0 bridgehead atoms. The molecule has 0 N–H and O–H groups in total. The van der Waals surface area contributed by atoms with Crippen molar-refractivity contribution < 1.29 is 8.42 Å². The van der Waals surface area contributed by atoms with E-state index in [0.717, 1.165) is 54.7 Å². The molecule has 0 spiro atoms. The molecule has 138 valence electrons. The molecule has 0 aromatic heterocycles. The van der Waals surface area contributed by atoms with Gasteiger partial charge in [-0.2, -0.15) is 9.57 Å². The summed E-state index contributed by atoms with van der Waals surface area (Å²) in [5.74, 6) is 0. The van der Waals surface area contributed by atoms with Crippen molar-refractivity contribution in [3.63, 3.8) is 0 Å². The smallest absolute Gasteiger partial charge is 0.243 e. The van der Waals surface area contributed by atoms with Crippen LogP contribution in [-0.4, -0.2) is 50.3 Å². The number of aryl methyl sites for hydroxylation is 2. The second-order valence-corrected chi connectivity index (χ2v) is 8.83. The third kappa shape index (κ3) is 4.41. The third-order valence-electron chi connectivity index (χ3n) is 5.24. The van der Waals surface area contributed by atoms with Gasteiger partial charge in [-0.15, -0.1) is 0 Å². The molecular weight excluding hydrogens is 334 g/mol. The minimum Gasteiger partial charge on any atom is -0.301 e. The first-order chi connectivity index (χ1) is 11.8. The molecule has 0 unspecified atom stereocenters. The van der Waals surface area contributed by atoms with Crippen molar-refractivity contribution in [3.8, 4) is 6.07 Å². The molecule has 1 aromatic rings. The van der Waals surface area contributed by atoms with Gasteiger partial charge in [-0.05, 0) is 69.3 Å². The van der Waals surface area contributed by atoms with Crippen LogP contribution in [0, 0.1) is 39.0 Å². The lowest BCUT2D eigenvalue weighted by molar-refractivity contribution is 0.186. The third-order valence-corrected chi connectivity index (χ3v) is 7.41. The molecule has 25 heavy (non-hydrogen) atoms. The largest absolute Gasteiger partial charge is 0.301 e. The van der Waals surface area contributed by atoms with E-state index in [1.54, 1.807) is 4.31 Å². The van der Waals surface area contributed by atoms with Gasteiger partial charge in [0.25, 0.3) is 0 Å². The molecule has 1 heterocycles. The average Bonchev–Trinajstić information content (AvgIpc) is 2.57. The van der Waals surface area contributed by atoms with Crippen LogP contribution in [0.25, 0.3) is 0 Å². The summed E-state index contributed by atoms with van der Waals surface area (Å²) in [6, 6.07) is 4.22. The van der Waals surface area contributed by atoms with E-state index >= 15 is 0 Å². The number of unbranched alkanes of at least 4 members (excludes halogenated alkanes) is 2. The van der Waals surface area contributed by atoms with Gasteiger partial charge in [-0.25, -0.2) is 8.42 Å². The Labute approximate surface area is 152 Å². The van der Waals surface area contributed by atoms with Crippen LogP contribution in [-0.2, 0) is 10.0 Å². The Bertz CT molecular complexity index is 732. The summed E-state index contributed by atoms with van der Waals surface area (Å²) < 4.78 is 28.1. The summed E-state index contributed by atoms with van der Waals surface area (Å²) >= 11 is 0. The predicted octanol–water partition coefficient (Wildman–Crippen LogP) is 2.92. The number of hydrogen-bond acceptors (Lipinski definition) is 4. The molecule has 1 saturated heterocycles. The summed E-state index contributed by atoms with van der Waals surface area (Å²) in [6.07, 6.45) is 2.51. The molecule has 0 saturated carbocycles. The van der Waals surface area contributed by atoms with Crippen LogP contribution in [0.3, 0.4) is 0 Å². The molecule has 0 amide bonds. The van der Waals surface area contributed by atoms with Crippen molar-refractivity contribution in [1.29, 1.82) is 5.26 Å².